The van der Waals surface area contributed by atoms with Crippen LogP contribution in [0.4, 0.5) is 0 Å². The summed E-state index contributed by atoms with van der Waals surface area (Å²) in [5.74, 6) is 0.906. The van der Waals surface area contributed by atoms with Gasteiger partial charge in [0.2, 0.25) is 0 Å². The van der Waals surface area contributed by atoms with Gasteiger partial charge < -0.3 is 4.98 Å². The summed E-state index contributed by atoms with van der Waals surface area (Å²) >= 11 is 0. The van der Waals surface area contributed by atoms with Crippen molar-refractivity contribution in [3.05, 3.63) is 35.5 Å². The lowest BCUT2D eigenvalue weighted by Gasteiger charge is -2.47. The minimum Gasteiger partial charge on any atom is -0.357 e. The lowest BCUT2D eigenvalue weighted by atomic mass is 9.79. The molecular weight excluding hydrogens is 268 g/mol. The SMILES string of the molecule is CCC[C@H]1CC[C@]2(C)c3[nH]c4ccccc4c3CCCN2C1. The summed E-state index contributed by atoms with van der Waals surface area (Å²) in [6.45, 7) is 7.35. The first-order valence-corrected chi connectivity index (χ1v) is 9.07. The topological polar surface area (TPSA) is 19.0 Å². The van der Waals surface area contributed by atoms with Crippen LogP contribution in [0.5, 0.6) is 0 Å². The van der Waals surface area contributed by atoms with Gasteiger partial charge in [-0.25, -0.2) is 0 Å². The van der Waals surface area contributed by atoms with E-state index in [4.69, 9.17) is 0 Å². The van der Waals surface area contributed by atoms with Crippen LogP contribution < -0.4 is 0 Å². The number of piperidine rings is 1. The Bertz CT molecular complexity index is 671. The quantitative estimate of drug-likeness (QED) is 0.840. The summed E-state index contributed by atoms with van der Waals surface area (Å²) in [5, 5.41) is 1.45. The predicted molar refractivity (Wildman–Crippen MR) is 93.2 cm³/mol. The van der Waals surface area contributed by atoms with E-state index in [1.165, 1.54) is 68.2 Å². The number of rotatable bonds is 2. The summed E-state index contributed by atoms with van der Waals surface area (Å²) < 4.78 is 0. The fourth-order valence-corrected chi connectivity index (χ4v) is 4.88. The standard InChI is InChI=1S/C20H28N2/c1-3-7-15-11-12-20(2)19-17(9-6-13-22(20)14-15)16-8-4-5-10-18(16)21-19/h4-5,8,10,15,21H,3,6-7,9,11-14H2,1-2H3/t15-,20+/m0/s1. The highest BCUT2D eigenvalue weighted by atomic mass is 15.2. The Hall–Kier alpha value is -1.28. The van der Waals surface area contributed by atoms with Gasteiger partial charge in [-0.2, -0.15) is 0 Å². The number of nitrogens with zero attached hydrogens (tertiary/aromatic N) is 1. The Balaban J connectivity index is 1.77. The number of nitrogens with one attached hydrogen (secondary N) is 1. The van der Waals surface area contributed by atoms with E-state index in [1.807, 2.05) is 0 Å². The maximum atomic E-state index is 3.80. The van der Waals surface area contributed by atoms with Gasteiger partial charge in [-0.05, 0) is 63.1 Å². The molecule has 2 aromatic rings. The molecule has 2 atom stereocenters. The van der Waals surface area contributed by atoms with Crippen molar-refractivity contribution in [3.8, 4) is 0 Å². The number of fused-ring (bicyclic) bond motifs is 5. The zero-order chi connectivity index (χ0) is 15.2. The molecular formula is C20H28N2. The van der Waals surface area contributed by atoms with Gasteiger partial charge in [0.25, 0.3) is 0 Å². The van der Waals surface area contributed by atoms with Crippen LogP contribution in [0, 0.1) is 5.92 Å². The number of aryl methyl sites for hydroxylation is 1. The fourth-order valence-electron chi connectivity index (χ4n) is 4.88. The molecule has 1 aromatic carbocycles. The molecule has 118 valence electrons. The van der Waals surface area contributed by atoms with E-state index in [1.54, 1.807) is 5.56 Å². The average Bonchev–Trinajstić information content (AvgIpc) is 2.84. The minimum absolute atomic E-state index is 0.217. The molecule has 1 N–H and O–H groups in total. The molecule has 2 nitrogen and oxygen atoms in total. The monoisotopic (exact) mass is 296 g/mol. The largest absolute Gasteiger partial charge is 0.357 e. The van der Waals surface area contributed by atoms with Gasteiger partial charge >= 0.3 is 0 Å². The number of para-hydroxylation sites is 1. The van der Waals surface area contributed by atoms with Crippen LogP contribution in [0.25, 0.3) is 10.9 Å². The summed E-state index contributed by atoms with van der Waals surface area (Å²) in [4.78, 5) is 6.59. The van der Waals surface area contributed by atoms with Crippen molar-refractivity contribution >= 4 is 10.9 Å². The summed E-state index contributed by atoms with van der Waals surface area (Å²) in [6.07, 6.45) is 7.93. The van der Waals surface area contributed by atoms with Gasteiger partial charge in [-0.15, -0.1) is 0 Å². The molecule has 22 heavy (non-hydrogen) atoms. The van der Waals surface area contributed by atoms with Crippen molar-refractivity contribution in [1.29, 1.82) is 0 Å². The zero-order valence-electron chi connectivity index (χ0n) is 14.0. The van der Waals surface area contributed by atoms with Crippen molar-refractivity contribution < 1.29 is 0 Å². The molecule has 3 heterocycles. The lowest BCUT2D eigenvalue weighted by molar-refractivity contribution is 0.0268. The summed E-state index contributed by atoms with van der Waals surface area (Å²) in [6, 6.07) is 8.86. The molecule has 2 aliphatic rings. The van der Waals surface area contributed by atoms with Gasteiger partial charge in [0.1, 0.15) is 0 Å². The first-order chi connectivity index (χ1) is 10.7. The van der Waals surface area contributed by atoms with Crippen LogP contribution >= 0.6 is 0 Å². The number of hydrogen-bond acceptors (Lipinski definition) is 1. The van der Waals surface area contributed by atoms with E-state index in [0.29, 0.717) is 0 Å². The maximum Gasteiger partial charge on any atom is 0.0586 e. The Morgan fingerprint density at radius 2 is 2.18 bits per heavy atom. The van der Waals surface area contributed by atoms with E-state index in [0.717, 1.165) is 5.92 Å². The Morgan fingerprint density at radius 1 is 1.32 bits per heavy atom. The van der Waals surface area contributed by atoms with E-state index < -0.39 is 0 Å². The Kier molecular flexibility index (Phi) is 3.53. The molecule has 2 aliphatic heterocycles. The van der Waals surface area contributed by atoms with Gasteiger partial charge in [0, 0.05) is 23.1 Å². The van der Waals surface area contributed by atoms with Crippen molar-refractivity contribution in [3.63, 3.8) is 0 Å². The van der Waals surface area contributed by atoms with Crippen LogP contribution in [0.1, 0.15) is 57.2 Å². The molecule has 1 saturated heterocycles. The molecule has 0 spiro atoms. The molecule has 0 saturated carbocycles. The smallest absolute Gasteiger partial charge is 0.0586 e. The van der Waals surface area contributed by atoms with E-state index in [-0.39, 0.29) is 5.54 Å². The molecule has 0 amide bonds. The highest BCUT2D eigenvalue weighted by Gasteiger charge is 2.42. The molecule has 2 heteroatoms. The van der Waals surface area contributed by atoms with Crippen LogP contribution in [0.2, 0.25) is 0 Å². The minimum atomic E-state index is 0.217. The molecule has 1 fully saturated rings. The number of benzene rings is 1. The third kappa shape index (κ3) is 2.11. The predicted octanol–water partition coefficient (Wildman–Crippen LogP) is 4.84. The van der Waals surface area contributed by atoms with Crippen LogP contribution in [0.15, 0.2) is 24.3 Å². The maximum absolute atomic E-state index is 3.80. The van der Waals surface area contributed by atoms with Crippen LogP contribution in [0.3, 0.4) is 0 Å². The zero-order valence-corrected chi connectivity index (χ0v) is 14.0. The molecule has 4 rings (SSSR count). The van der Waals surface area contributed by atoms with Gasteiger partial charge in [0.05, 0.1) is 5.54 Å². The number of aromatic amines is 1. The van der Waals surface area contributed by atoms with Gasteiger partial charge in [-0.3, -0.25) is 4.90 Å². The van der Waals surface area contributed by atoms with Crippen LogP contribution in [-0.2, 0) is 12.0 Å². The molecule has 0 unspecified atom stereocenters. The van der Waals surface area contributed by atoms with E-state index in [9.17, 15) is 0 Å². The molecule has 0 bridgehead atoms. The summed E-state index contributed by atoms with van der Waals surface area (Å²) in [5.41, 5.74) is 4.65. The van der Waals surface area contributed by atoms with Crippen molar-refractivity contribution in [2.45, 2.75) is 57.9 Å². The summed E-state index contributed by atoms with van der Waals surface area (Å²) in [7, 11) is 0. The first-order valence-electron chi connectivity index (χ1n) is 9.07. The van der Waals surface area contributed by atoms with Crippen molar-refractivity contribution in [2.24, 2.45) is 5.92 Å². The van der Waals surface area contributed by atoms with E-state index >= 15 is 0 Å². The fraction of sp³-hybridized carbons (Fsp3) is 0.600. The second kappa shape index (κ2) is 5.42. The Labute approximate surface area is 133 Å². The molecule has 1 aromatic heterocycles. The second-order valence-corrected chi connectivity index (χ2v) is 7.54. The average molecular weight is 296 g/mol. The number of hydrogen-bond donors (Lipinski definition) is 1. The normalized spacial score (nSPS) is 29.1. The van der Waals surface area contributed by atoms with Crippen molar-refractivity contribution in [2.75, 3.05) is 13.1 Å². The van der Waals surface area contributed by atoms with Gasteiger partial charge in [-0.1, -0.05) is 31.5 Å². The van der Waals surface area contributed by atoms with Gasteiger partial charge in [0.15, 0.2) is 0 Å². The highest BCUT2D eigenvalue weighted by Crippen LogP contribution is 2.44. The third-order valence-corrected chi connectivity index (χ3v) is 6.12. The number of aromatic nitrogens is 1. The third-order valence-electron chi connectivity index (χ3n) is 6.12. The van der Waals surface area contributed by atoms with Crippen molar-refractivity contribution in [1.82, 2.24) is 9.88 Å². The first kappa shape index (κ1) is 14.3. The van der Waals surface area contributed by atoms with Crippen LogP contribution in [-0.4, -0.2) is 23.0 Å². The molecule has 0 radical (unpaired) electrons. The van der Waals surface area contributed by atoms with E-state index in [2.05, 4.69) is 48.0 Å². The Morgan fingerprint density at radius 3 is 3.05 bits per heavy atom. The second-order valence-electron chi connectivity index (χ2n) is 7.54. The highest BCUT2D eigenvalue weighted by molar-refractivity contribution is 5.85. The lowest BCUT2D eigenvalue weighted by Crippen LogP contribution is -2.50. The molecule has 0 aliphatic carbocycles. The number of H-pyrrole nitrogens is 1.